The Bertz CT molecular complexity index is 685. The molecule has 1 saturated heterocycles. The molecule has 3 rings (SSSR count). The smallest absolute Gasteiger partial charge is 0.253 e. The van der Waals surface area contributed by atoms with Crippen LogP contribution in [0.2, 0.25) is 0 Å². The zero-order valence-corrected chi connectivity index (χ0v) is 13.8. The van der Waals surface area contributed by atoms with Gasteiger partial charge in [0, 0.05) is 30.8 Å². The number of anilines is 1. The molecular formula is C20H24N2O2. The molecule has 2 aromatic carbocycles. The molecule has 1 aliphatic heterocycles. The molecule has 0 radical (unpaired) electrons. The van der Waals surface area contributed by atoms with Gasteiger partial charge in [0.1, 0.15) is 0 Å². The number of nitrogens with zero attached hydrogens (tertiary/aromatic N) is 1. The highest BCUT2D eigenvalue weighted by Gasteiger charge is 2.31. The highest BCUT2D eigenvalue weighted by atomic mass is 16.3. The van der Waals surface area contributed by atoms with Crippen molar-refractivity contribution in [2.45, 2.75) is 31.3 Å². The number of benzene rings is 2. The zero-order valence-electron chi connectivity index (χ0n) is 13.8. The molecule has 0 aliphatic carbocycles. The third kappa shape index (κ3) is 3.95. The SMILES string of the molecule is Nc1ccc(C(=O)N2CCCC(O)(Cc3ccccc3)CC2)cc1. The average molecular weight is 324 g/mol. The second-order valence-electron chi connectivity index (χ2n) is 6.65. The van der Waals surface area contributed by atoms with Crippen molar-refractivity contribution in [1.29, 1.82) is 0 Å². The van der Waals surface area contributed by atoms with Gasteiger partial charge in [0.2, 0.25) is 0 Å². The lowest BCUT2D eigenvalue weighted by Crippen LogP contribution is -2.35. The number of hydrogen-bond acceptors (Lipinski definition) is 3. The molecule has 1 heterocycles. The highest BCUT2D eigenvalue weighted by Crippen LogP contribution is 2.27. The average Bonchev–Trinajstić information content (AvgIpc) is 2.78. The summed E-state index contributed by atoms with van der Waals surface area (Å²) < 4.78 is 0. The Balaban J connectivity index is 1.66. The Hall–Kier alpha value is -2.33. The van der Waals surface area contributed by atoms with Crippen LogP contribution in [0.15, 0.2) is 54.6 Å². The van der Waals surface area contributed by atoms with Gasteiger partial charge in [-0.2, -0.15) is 0 Å². The van der Waals surface area contributed by atoms with E-state index in [0.29, 0.717) is 43.6 Å². The molecule has 4 nitrogen and oxygen atoms in total. The highest BCUT2D eigenvalue weighted by molar-refractivity contribution is 5.94. The molecule has 4 heteroatoms. The number of nitrogen functional groups attached to an aromatic ring is 1. The summed E-state index contributed by atoms with van der Waals surface area (Å²) in [6, 6.07) is 17.1. The standard InChI is InChI=1S/C20H24N2O2/c21-18-9-7-17(8-10-18)19(23)22-13-4-11-20(24,12-14-22)15-16-5-2-1-3-6-16/h1-3,5-10,24H,4,11-15,21H2. The van der Waals surface area contributed by atoms with Crippen LogP contribution in [-0.4, -0.2) is 34.6 Å². The van der Waals surface area contributed by atoms with E-state index in [1.807, 2.05) is 35.2 Å². The normalized spacial score (nSPS) is 21.3. The topological polar surface area (TPSA) is 66.6 Å². The molecule has 0 spiro atoms. The van der Waals surface area contributed by atoms with Gasteiger partial charge in [-0.05, 0) is 49.1 Å². The fourth-order valence-corrected chi connectivity index (χ4v) is 3.34. The van der Waals surface area contributed by atoms with Crippen LogP contribution in [0, 0.1) is 0 Å². The number of carbonyl (C=O) groups is 1. The summed E-state index contributed by atoms with van der Waals surface area (Å²) in [5, 5.41) is 11.0. The van der Waals surface area contributed by atoms with E-state index in [-0.39, 0.29) is 5.91 Å². The molecule has 24 heavy (non-hydrogen) atoms. The summed E-state index contributed by atoms with van der Waals surface area (Å²) in [5.41, 5.74) is 7.38. The van der Waals surface area contributed by atoms with Gasteiger partial charge in [-0.15, -0.1) is 0 Å². The maximum atomic E-state index is 12.6. The minimum atomic E-state index is -0.739. The maximum Gasteiger partial charge on any atom is 0.253 e. The van der Waals surface area contributed by atoms with Crippen LogP contribution in [0.25, 0.3) is 0 Å². The molecule has 1 fully saturated rings. The molecule has 126 valence electrons. The summed E-state index contributed by atoms with van der Waals surface area (Å²) >= 11 is 0. The van der Waals surface area contributed by atoms with Crippen LogP contribution in [0.5, 0.6) is 0 Å². The minimum absolute atomic E-state index is 0.0129. The first-order chi connectivity index (χ1) is 11.6. The summed E-state index contributed by atoms with van der Waals surface area (Å²) in [4.78, 5) is 14.5. The summed E-state index contributed by atoms with van der Waals surface area (Å²) in [7, 11) is 0. The Labute approximate surface area is 142 Å². The summed E-state index contributed by atoms with van der Waals surface area (Å²) in [5.74, 6) is 0.0129. The fraction of sp³-hybridized carbons (Fsp3) is 0.350. The van der Waals surface area contributed by atoms with Crippen LogP contribution >= 0.6 is 0 Å². The van der Waals surface area contributed by atoms with Crippen LogP contribution in [0.3, 0.4) is 0 Å². The van der Waals surface area contributed by atoms with Crippen LogP contribution in [0.1, 0.15) is 35.2 Å². The fourth-order valence-electron chi connectivity index (χ4n) is 3.34. The van der Waals surface area contributed by atoms with E-state index in [4.69, 9.17) is 5.73 Å². The first-order valence-corrected chi connectivity index (χ1v) is 8.47. The Morgan fingerprint density at radius 1 is 1.04 bits per heavy atom. The van der Waals surface area contributed by atoms with Crippen molar-refractivity contribution < 1.29 is 9.90 Å². The van der Waals surface area contributed by atoms with Gasteiger partial charge in [-0.3, -0.25) is 4.79 Å². The first kappa shape index (κ1) is 16.5. The molecule has 1 unspecified atom stereocenters. The molecule has 2 aromatic rings. The van der Waals surface area contributed by atoms with Gasteiger partial charge in [0.05, 0.1) is 5.60 Å². The molecule has 1 atom stereocenters. The van der Waals surface area contributed by atoms with Crippen LogP contribution in [-0.2, 0) is 6.42 Å². The van der Waals surface area contributed by atoms with Gasteiger partial charge in [0.15, 0.2) is 0 Å². The summed E-state index contributed by atoms with van der Waals surface area (Å²) in [6.07, 6.45) is 2.76. The number of amides is 1. The van der Waals surface area contributed by atoms with Crippen molar-refractivity contribution in [2.24, 2.45) is 0 Å². The zero-order chi connectivity index (χ0) is 17.0. The second kappa shape index (κ2) is 7.05. The number of nitrogens with two attached hydrogens (primary N) is 1. The van der Waals surface area contributed by atoms with Gasteiger partial charge in [0.25, 0.3) is 5.91 Å². The predicted molar refractivity (Wildman–Crippen MR) is 95.7 cm³/mol. The van der Waals surface area contributed by atoms with E-state index in [2.05, 4.69) is 0 Å². The number of carbonyl (C=O) groups excluding carboxylic acids is 1. The molecule has 0 bridgehead atoms. The van der Waals surface area contributed by atoms with Crippen molar-refractivity contribution in [3.8, 4) is 0 Å². The quantitative estimate of drug-likeness (QED) is 0.853. The second-order valence-corrected chi connectivity index (χ2v) is 6.65. The van der Waals surface area contributed by atoms with Gasteiger partial charge >= 0.3 is 0 Å². The van der Waals surface area contributed by atoms with E-state index in [0.717, 1.165) is 12.0 Å². The largest absolute Gasteiger partial charge is 0.399 e. The molecule has 1 aliphatic rings. The van der Waals surface area contributed by atoms with Gasteiger partial charge < -0.3 is 15.7 Å². The minimum Gasteiger partial charge on any atom is -0.399 e. The number of likely N-dealkylation sites (tertiary alicyclic amines) is 1. The van der Waals surface area contributed by atoms with E-state index in [1.54, 1.807) is 24.3 Å². The molecule has 0 aromatic heterocycles. The molecule has 3 N–H and O–H groups in total. The van der Waals surface area contributed by atoms with Crippen molar-refractivity contribution in [3.63, 3.8) is 0 Å². The molecule has 0 saturated carbocycles. The lowest BCUT2D eigenvalue weighted by Gasteiger charge is -2.27. The van der Waals surface area contributed by atoms with E-state index in [1.165, 1.54) is 0 Å². The van der Waals surface area contributed by atoms with Crippen LogP contribution < -0.4 is 5.73 Å². The number of rotatable bonds is 3. The van der Waals surface area contributed by atoms with Crippen molar-refractivity contribution in [2.75, 3.05) is 18.8 Å². The number of aliphatic hydroxyl groups is 1. The summed E-state index contributed by atoms with van der Waals surface area (Å²) in [6.45, 7) is 1.26. The first-order valence-electron chi connectivity index (χ1n) is 8.47. The lowest BCUT2D eigenvalue weighted by atomic mass is 9.88. The molecular weight excluding hydrogens is 300 g/mol. The Morgan fingerprint density at radius 3 is 2.46 bits per heavy atom. The number of hydrogen-bond donors (Lipinski definition) is 2. The van der Waals surface area contributed by atoms with Crippen molar-refractivity contribution in [3.05, 3.63) is 65.7 Å². The van der Waals surface area contributed by atoms with Gasteiger partial charge in [-0.25, -0.2) is 0 Å². The Morgan fingerprint density at radius 2 is 1.75 bits per heavy atom. The lowest BCUT2D eigenvalue weighted by molar-refractivity contribution is 0.0256. The molecule has 1 amide bonds. The predicted octanol–water partition coefficient (Wildman–Crippen LogP) is 2.87. The van der Waals surface area contributed by atoms with Crippen molar-refractivity contribution in [1.82, 2.24) is 4.90 Å². The van der Waals surface area contributed by atoms with E-state index < -0.39 is 5.60 Å². The van der Waals surface area contributed by atoms with E-state index >= 15 is 0 Å². The van der Waals surface area contributed by atoms with Crippen molar-refractivity contribution >= 4 is 11.6 Å². The van der Waals surface area contributed by atoms with E-state index in [9.17, 15) is 9.90 Å². The maximum absolute atomic E-state index is 12.6. The third-order valence-corrected chi connectivity index (χ3v) is 4.74. The van der Waals surface area contributed by atoms with Gasteiger partial charge in [-0.1, -0.05) is 30.3 Å². The third-order valence-electron chi connectivity index (χ3n) is 4.74. The van der Waals surface area contributed by atoms with Crippen LogP contribution in [0.4, 0.5) is 5.69 Å². The monoisotopic (exact) mass is 324 g/mol. The Kier molecular flexibility index (Phi) is 4.86.